The average molecular weight is 282 g/mol. The summed E-state index contributed by atoms with van der Waals surface area (Å²) < 4.78 is 5.01. The number of rotatable bonds is 4. The van der Waals surface area contributed by atoms with Crippen molar-refractivity contribution in [2.75, 3.05) is 26.2 Å². The zero-order valence-corrected chi connectivity index (χ0v) is 11.7. The third-order valence-corrected chi connectivity index (χ3v) is 4.10. The van der Waals surface area contributed by atoms with Crippen LogP contribution in [0.4, 0.5) is 4.79 Å². The van der Waals surface area contributed by atoms with Gasteiger partial charge in [0.2, 0.25) is 0 Å². The molecule has 1 amide bonds. The Kier molecular flexibility index (Phi) is 5.00. The second kappa shape index (κ2) is 6.74. The van der Waals surface area contributed by atoms with Crippen LogP contribution in [0.1, 0.15) is 25.7 Å². The number of hydrogen-bond donors (Lipinski definition) is 1. The summed E-state index contributed by atoms with van der Waals surface area (Å²) in [6, 6.07) is -0.0821. The molecule has 0 spiro atoms. The van der Waals surface area contributed by atoms with Gasteiger partial charge in [0, 0.05) is 19.1 Å². The van der Waals surface area contributed by atoms with E-state index in [0.717, 1.165) is 32.2 Å². The quantitative estimate of drug-likeness (QED) is 0.788. The Bertz CT molecular complexity index is 377. The Morgan fingerprint density at radius 1 is 1.25 bits per heavy atom. The molecule has 6 heteroatoms. The molecule has 2 rings (SSSR count). The fraction of sp³-hybridized carbons (Fsp3) is 0.714. The fourth-order valence-electron chi connectivity index (χ4n) is 3.09. The van der Waals surface area contributed by atoms with Crippen LogP contribution in [0.5, 0.6) is 0 Å². The standard InChI is InChI=1S/C14H22N2O4/c1-2-10-20-14(19)15-8-5-11(6-9-15)16-7-3-4-12(16)13(17)18/h2,11-12H,1,3-10H2,(H,17,18)/t12-/m0/s1. The third kappa shape index (κ3) is 3.30. The number of hydrogen-bond acceptors (Lipinski definition) is 4. The van der Waals surface area contributed by atoms with Crippen molar-refractivity contribution in [1.29, 1.82) is 0 Å². The molecule has 0 saturated carbocycles. The molecule has 2 heterocycles. The van der Waals surface area contributed by atoms with Crippen molar-refractivity contribution in [3.8, 4) is 0 Å². The largest absolute Gasteiger partial charge is 0.480 e. The van der Waals surface area contributed by atoms with Crippen LogP contribution in [0.3, 0.4) is 0 Å². The lowest BCUT2D eigenvalue weighted by atomic mass is 10.0. The van der Waals surface area contributed by atoms with Gasteiger partial charge in [0.05, 0.1) is 0 Å². The maximum Gasteiger partial charge on any atom is 0.410 e. The Hall–Kier alpha value is -1.56. The third-order valence-electron chi connectivity index (χ3n) is 4.10. The molecule has 0 aromatic rings. The molecule has 112 valence electrons. The number of piperidine rings is 1. The minimum absolute atomic E-state index is 0.228. The summed E-state index contributed by atoms with van der Waals surface area (Å²) in [4.78, 5) is 26.7. The molecule has 0 bridgehead atoms. The minimum Gasteiger partial charge on any atom is -0.480 e. The van der Waals surface area contributed by atoms with Gasteiger partial charge in [-0.3, -0.25) is 9.69 Å². The first-order chi connectivity index (χ1) is 9.63. The second-order valence-electron chi connectivity index (χ2n) is 5.32. The van der Waals surface area contributed by atoms with Gasteiger partial charge in [-0.25, -0.2) is 4.79 Å². The van der Waals surface area contributed by atoms with Gasteiger partial charge in [0.15, 0.2) is 0 Å². The van der Waals surface area contributed by atoms with E-state index in [2.05, 4.69) is 11.5 Å². The van der Waals surface area contributed by atoms with Crippen molar-refractivity contribution in [3.63, 3.8) is 0 Å². The van der Waals surface area contributed by atoms with Gasteiger partial charge in [-0.2, -0.15) is 0 Å². The van der Waals surface area contributed by atoms with Crippen molar-refractivity contribution >= 4 is 12.1 Å². The van der Waals surface area contributed by atoms with E-state index in [0.29, 0.717) is 13.1 Å². The summed E-state index contributed by atoms with van der Waals surface area (Å²) in [5.74, 6) is -0.727. The van der Waals surface area contributed by atoms with Crippen LogP contribution in [0, 0.1) is 0 Å². The predicted molar refractivity (Wildman–Crippen MR) is 73.5 cm³/mol. The van der Waals surface area contributed by atoms with E-state index in [-0.39, 0.29) is 24.8 Å². The molecule has 0 aromatic carbocycles. The van der Waals surface area contributed by atoms with Crippen LogP contribution < -0.4 is 0 Å². The van der Waals surface area contributed by atoms with Gasteiger partial charge in [0.25, 0.3) is 0 Å². The number of carbonyl (C=O) groups excluding carboxylic acids is 1. The number of ether oxygens (including phenoxy) is 1. The Labute approximate surface area is 119 Å². The van der Waals surface area contributed by atoms with E-state index in [1.165, 1.54) is 0 Å². The normalized spacial score (nSPS) is 24.6. The van der Waals surface area contributed by atoms with Gasteiger partial charge in [-0.05, 0) is 32.2 Å². The highest BCUT2D eigenvalue weighted by atomic mass is 16.6. The van der Waals surface area contributed by atoms with Crippen molar-refractivity contribution in [2.45, 2.75) is 37.8 Å². The summed E-state index contributed by atoms with van der Waals surface area (Å²) in [6.07, 6.45) is 4.54. The van der Waals surface area contributed by atoms with Crippen molar-refractivity contribution in [2.24, 2.45) is 0 Å². The fourth-order valence-corrected chi connectivity index (χ4v) is 3.09. The maximum atomic E-state index is 11.7. The molecule has 1 atom stereocenters. The Morgan fingerprint density at radius 2 is 1.95 bits per heavy atom. The summed E-state index contributed by atoms with van der Waals surface area (Å²) in [6.45, 7) is 5.84. The number of carbonyl (C=O) groups is 2. The molecule has 0 unspecified atom stereocenters. The van der Waals surface area contributed by atoms with Crippen LogP contribution in [-0.4, -0.2) is 65.3 Å². The molecule has 1 N–H and O–H groups in total. The SMILES string of the molecule is C=CCOC(=O)N1CCC(N2CCC[C@H]2C(=O)O)CC1. The molecular formula is C14H22N2O4. The van der Waals surface area contributed by atoms with Crippen LogP contribution in [0.25, 0.3) is 0 Å². The molecule has 2 fully saturated rings. The van der Waals surface area contributed by atoms with E-state index in [1.54, 1.807) is 11.0 Å². The number of carboxylic acid groups (broad SMARTS) is 1. The van der Waals surface area contributed by atoms with E-state index in [1.807, 2.05) is 0 Å². The number of carboxylic acids is 1. The number of likely N-dealkylation sites (tertiary alicyclic amines) is 2. The number of nitrogens with zero attached hydrogens (tertiary/aromatic N) is 2. The number of aliphatic carboxylic acids is 1. The van der Waals surface area contributed by atoms with Crippen LogP contribution >= 0.6 is 0 Å². The summed E-state index contributed by atoms with van der Waals surface area (Å²) in [7, 11) is 0. The van der Waals surface area contributed by atoms with E-state index >= 15 is 0 Å². The summed E-state index contributed by atoms with van der Waals surface area (Å²) >= 11 is 0. The average Bonchev–Trinajstić information content (AvgIpc) is 2.94. The zero-order valence-electron chi connectivity index (χ0n) is 11.7. The predicted octanol–water partition coefficient (Wildman–Crippen LogP) is 1.32. The lowest BCUT2D eigenvalue weighted by Crippen LogP contribution is -2.50. The van der Waals surface area contributed by atoms with E-state index in [9.17, 15) is 14.7 Å². The van der Waals surface area contributed by atoms with E-state index in [4.69, 9.17) is 4.74 Å². The monoisotopic (exact) mass is 282 g/mol. The molecule has 6 nitrogen and oxygen atoms in total. The summed E-state index contributed by atoms with van der Waals surface area (Å²) in [5, 5.41) is 9.22. The highest BCUT2D eigenvalue weighted by Crippen LogP contribution is 2.26. The smallest absolute Gasteiger partial charge is 0.410 e. The van der Waals surface area contributed by atoms with Crippen LogP contribution in [-0.2, 0) is 9.53 Å². The van der Waals surface area contributed by atoms with Gasteiger partial charge >= 0.3 is 12.1 Å². The van der Waals surface area contributed by atoms with Crippen LogP contribution in [0.2, 0.25) is 0 Å². The highest BCUT2D eigenvalue weighted by Gasteiger charge is 2.37. The molecular weight excluding hydrogens is 260 g/mol. The lowest BCUT2D eigenvalue weighted by Gasteiger charge is -2.37. The Morgan fingerprint density at radius 3 is 2.55 bits per heavy atom. The van der Waals surface area contributed by atoms with Gasteiger partial charge in [-0.1, -0.05) is 12.7 Å². The van der Waals surface area contributed by atoms with Crippen LogP contribution in [0.15, 0.2) is 12.7 Å². The van der Waals surface area contributed by atoms with Gasteiger partial charge in [-0.15, -0.1) is 0 Å². The highest BCUT2D eigenvalue weighted by molar-refractivity contribution is 5.74. The van der Waals surface area contributed by atoms with Gasteiger partial charge < -0.3 is 14.7 Å². The van der Waals surface area contributed by atoms with Crippen molar-refractivity contribution in [3.05, 3.63) is 12.7 Å². The molecule has 0 aliphatic carbocycles. The summed E-state index contributed by atoms with van der Waals surface area (Å²) in [5.41, 5.74) is 0. The maximum absolute atomic E-state index is 11.7. The first kappa shape index (κ1) is 14.8. The molecule has 0 radical (unpaired) electrons. The molecule has 2 aliphatic heterocycles. The lowest BCUT2D eigenvalue weighted by molar-refractivity contribution is -0.143. The second-order valence-corrected chi connectivity index (χ2v) is 5.32. The van der Waals surface area contributed by atoms with Crippen molar-refractivity contribution in [1.82, 2.24) is 9.80 Å². The topological polar surface area (TPSA) is 70.1 Å². The first-order valence-corrected chi connectivity index (χ1v) is 7.14. The first-order valence-electron chi connectivity index (χ1n) is 7.14. The molecule has 0 aromatic heterocycles. The van der Waals surface area contributed by atoms with Gasteiger partial charge in [0.1, 0.15) is 12.6 Å². The van der Waals surface area contributed by atoms with Crippen molar-refractivity contribution < 1.29 is 19.4 Å². The van der Waals surface area contributed by atoms with E-state index < -0.39 is 5.97 Å². The molecule has 2 saturated heterocycles. The Balaban J connectivity index is 1.83. The molecule has 20 heavy (non-hydrogen) atoms. The molecule has 2 aliphatic rings. The zero-order chi connectivity index (χ0) is 14.5. The minimum atomic E-state index is -0.727. The number of amides is 1.